The summed E-state index contributed by atoms with van der Waals surface area (Å²) in [6.07, 6.45) is 0.0124. The third-order valence-electron chi connectivity index (χ3n) is 4.71. The van der Waals surface area contributed by atoms with Gasteiger partial charge in [0.15, 0.2) is 15.6 Å². The molecule has 0 atom stereocenters. The molecule has 0 radical (unpaired) electrons. The minimum atomic E-state index is -3.71. The third-order valence-corrected chi connectivity index (χ3v) is 6.60. The van der Waals surface area contributed by atoms with E-state index in [1.165, 1.54) is 0 Å². The van der Waals surface area contributed by atoms with Gasteiger partial charge >= 0.3 is 0 Å². The van der Waals surface area contributed by atoms with Crippen LogP contribution in [0.1, 0.15) is 22.6 Å². The number of ether oxygens (including phenoxy) is 1. The van der Waals surface area contributed by atoms with Gasteiger partial charge in [-0.2, -0.15) is 0 Å². The zero-order valence-electron chi connectivity index (χ0n) is 16.9. The summed E-state index contributed by atoms with van der Waals surface area (Å²) in [5, 5.41) is 0.548. The van der Waals surface area contributed by atoms with E-state index in [9.17, 15) is 13.2 Å². The van der Waals surface area contributed by atoms with Gasteiger partial charge < -0.3 is 9.15 Å². The summed E-state index contributed by atoms with van der Waals surface area (Å²) in [6, 6.07) is 12.4. The molecule has 0 aliphatic heterocycles. The van der Waals surface area contributed by atoms with Gasteiger partial charge in [0.1, 0.15) is 17.3 Å². The maximum atomic E-state index is 12.6. The lowest BCUT2D eigenvalue weighted by atomic mass is 10.0. The lowest BCUT2D eigenvalue weighted by Crippen LogP contribution is -2.20. The SMILES string of the molecule is COc1cccc(-c2nc(CS(=O)(=O)CC(=O)Cc3cccc(Cl)c3C)c(C)o2)c1. The number of hydrogen-bond acceptors (Lipinski definition) is 6. The number of hydrogen-bond donors (Lipinski definition) is 0. The highest BCUT2D eigenvalue weighted by Crippen LogP contribution is 2.26. The van der Waals surface area contributed by atoms with Crippen LogP contribution in [-0.4, -0.2) is 32.0 Å². The van der Waals surface area contributed by atoms with E-state index in [-0.39, 0.29) is 12.2 Å². The van der Waals surface area contributed by atoms with Gasteiger partial charge in [0.2, 0.25) is 5.89 Å². The Bertz CT molecular complexity index is 1180. The number of sulfone groups is 1. The van der Waals surface area contributed by atoms with E-state index in [0.29, 0.717) is 33.7 Å². The van der Waals surface area contributed by atoms with Crippen molar-refractivity contribution in [1.82, 2.24) is 4.98 Å². The molecule has 0 bridgehead atoms. The van der Waals surface area contributed by atoms with Crippen LogP contribution in [0.3, 0.4) is 0 Å². The van der Waals surface area contributed by atoms with E-state index in [4.69, 9.17) is 20.8 Å². The van der Waals surface area contributed by atoms with Crippen LogP contribution in [0.4, 0.5) is 0 Å². The van der Waals surface area contributed by atoms with Crippen molar-refractivity contribution in [2.75, 3.05) is 12.9 Å². The van der Waals surface area contributed by atoms with E-state index < -0.39 is 21.4 Å². The third kappa shape index (κ3) is 5.29. The Morgan fingerprint density at radius 3 is 2.63 bits per heavy atom. The summed E-state index contributed by atoms with van der Waals surface area (Å²) >= 11 is 6.07. The van der Waals surface area contributed by atoms with Gasteiger partial charge in [-0.05, 0) is 49.2 Å². The Hall–Kier alpha value is -2.64. The molecule has 0 fully saturated rings. The topological polar surface area (TPSA) is 86.5 Å². The van der Waals surface area contributed by atoms with Gasteiger partial charge in [-0.15, -0.1) is 0 Å². The molecular formula is C22H22ClNO5S. The number of carbonyl (C=O) groups is 1. The van der Waals surface area contributed by atoms with Gasteiger partial charge in [0.25, 0.3) is 0 Å². The molecule has 0 aliphatic rings. The first kappa shape index (κ1) is 22.1. The fourth-order valence-corrected chi connectivity index (χ4v) is 4.63. The van der Waals surface area contributed by atoms with E-state index in [0.717, 1.165) is 11.1 Å². The molecule has 3 aromatic rings. The molecule has 8 heteroatoms. The summed E-state index contributed by atoms with van der Waals surface area (Å²) in [5.74, 6) is 0.00717. The number of oxazole rings is 1. The second-order valence-electron chi connectivity index (χ2n) is 7.03. The zero-order valence-corrected chi connectivity index (χ0v) is 18.5. The predicted octanol–water partition coefficient (Wildman–Crippen LogP) is 4.35. The Morgan fingerprint density at radius 1 is 1.17 bits per heavy atom. The number of benzene rings is 2. The minimum Gasteiger partial charge on any atom is -0.497 e. The number of halogens is 1. The van der Waals surface area contributed by atoms with Gasteiger partial charge in [0.05, 0.1) is 18.6 Å². The fourth-order valence-electron chi connectivity index (χ4n) is 3.05. The van der Waals surface area contributed by atoms with E-state index in [1.54, 1.807) is 63.4 Å². The molecule has 30 heavy (non-hydrogen) atoms. The Morgan fingerprint density at radius 2 is 1.90 bits per heavy atom. The van der Waals surface area contributed by atoms with Crippen molar-refractivity contribution in [3.05, 3.63) is 70.1 Å². The van der Waals surface area contributed by atoms with Crippen molar-refractivity contribution in [3.8, 4) is 17.2 Å². The molecule has 1 heterocycles. The summed E-state index contributed by atoms with van der Waals surface area (Å²) in [6.45, 7) is 3.46. The largest absolute Gasteiger partial charge is 0.497 e. The highest BCUT2D eigenvalue weighted by Gasteiger charge is 2.23. The number of rotatable bonds is 8. The standard InChI is InChI=1S/C22H22ClNO5S/c1-14-16(6-5-9-20(14)23)10-18(25)12-30(26,27)13-21-15(2)29-22(24-21)17-7-4-8-19(11-17)28-3/h4-9,11H,10,12-13H2,1-3H3. The predicted molar refractivity (Wildman–Crippen MR) is 116 cm³/mol. The van der Waals surface area contributed by atoms with Crippen molar-refractivity contribution in [2.24, 2.45) is 0 Å². The summed E-state index contributed by atoms with van der Waals surface area (Å²) in [4.78, 5) is 16.7. The molecule has 0 N–H and O–H groups in total. The van der Waals surface area contributed by atoms with Crippen molar-refractivity contribution in [3.63, 3.8) is 0 Å². The second kappa shape index (κ2) is 9.02. The number of aromatic nitrogens is 1. The first-order chi connectivity index (χ1) is 14.2. The molecule has 0 aliphatic carbocycles. The Balaban J connectivity index is 1.73. The molecule has 158 valence electrons. The molecule has 1 aromatic heterocycles. The van der Waals surface area contributed by atoms with Crippen LogP contribution in [-0.2, 0) is 26.8 Å². The van der Waals surface area contributed by atoms with Crippen molar-refractivity contribution in [1.29, 1.82) is 0 Å². The van der Waals surface area contributed by atoms with Gasteiger partial charge in [-0.25, -0.2) is 13.4 Å². The zero-order chi connectivity index (χ0) is 21.9. The summed E-state index contributed by atoms with van der Waals surface area (Å²) in [5.41, 5.74) is 2.47. The molecule has 6 nitrogen and oxygen atoms in total. The molecule has 0 unspecified atom stereocenters. The molecule has 3 rings (SSSR count). The van der Waals surface area contributed by atoms with Crippen LogP contribution < -0.4 is 4.74 Å². The first-order valence-corrected chi connectivity index (χ1v) is 11.5. The van der Waals surface area contributed by atoms with Crippen LogP contribution in [0.15, 0.2) is 46.9 Å². The number of methoxy groups -OCH3 is 1. The van der Waals surface area contributed by atoms with Crippen LogP contribution >= 0.6 is 11.6 Å². The summed E-state index contributed by atoms with van der Waals surface area (Å²) in [7, 11) is -2.16. The van der Waals surface area contributed by atoms with E-state index in [1.807, 2.05) is 0 Å². The average molecular weight is 448 g/mol. The van der Waals surface area contributed by atoms with Crippen LogP contribution in [0.2, 0.25) is 5.02 Å². The highest BCUT2D eigenvalue weighted by atomic mass is 35.5. The number of ketones is 1. The molecule has 2 aromatic carbocycles. The fraction of sp³-hybridized carbons (Fsp3) is 0.273. The molecular weight excluding hydrogens is 426 g/mol. The van der Waals surface area contributed by atoms with Crippen LogP contribution in [0.25, 0.3) is 11.5 Å². The second-order valence-corrected chi connectivity index (χ2v) is 9.50. The van der Waals surface area contributed by atoms with E-state index >= 15 is 0 Å². The number of Topliss-reactive ketones (excluding diaryl/α,β-unsaturated/α-hetero) is 1. The maximum absolute atomic E-state index is 12.6. The van der Waals surface area contributed by atoms with Crippen LogP contribution in [0, 0.1) is 13.8 Å². The lowest BCUT2D eigenvalue weighted by molar-refractivity contribution is -0.116. The van der Waals surface area contributed by atoms with Crippen LogP contribution in [0.5, 0.6) is 5.75 Å². The lowest BCUT2D eigenvalue weighted by Gasteiger charge is -2.07. The molecule has 0 saturated carbocycles. The smallest absolute Gasteiger partial charge is 0.226 e. The van der Waals surface area contributed by atoms with Gasteiger partial charge in [-0.1, -0.05) is 29.8 Å². The number of nitrogens with zero attached hydrogens (tertiary/aromatic N) is 1. The average Bonchev–Trinajstić information content (AvgIpc) is 3.04. The molecule has 0 spiro atoms. The number of aryl methyl sites for hydroxylation is 1. The van der Waals surface area contributed by atoms with Gasteiger partial charge in [0, 0.05) is 17.0 Å². The normalized spacial score (nSPS) is 11.5. The Labute approximate surface area is 180 Å². The van der Waals surface area contributed by atoms with Crippen molar-refractivity contribution >= 4 is 27.2 Å². The Kier molecular flexibility index (Phi) is 6.63. The molecule has 0 saturated heterocycles. The monoisotopic (exact) mass is 447 g/mol. The van der Waals surface area contributed by atoms with Crippen molar-refractivity contribution < 1.29 is 22.4 Å². The highest BCUT2D eigenvalue weighted by molar-refractivity contribution is 7.91. The van der Waals surface area contributed by atoms with E-state index in [2.05, 4.69) is 4.98 Å². The summed E-state index contributed by atoms with van der Waals surface area (Å²) < 4.78 is 36.0. The number of carbonyl (C=O) groups excluding carboxylic acids is 1. The molecule has 0 amide bonds. The quantitative estimate of drug-likeness (QED) is 0.510. The minimum absolute atomic E-state index is 0.0124. The van der Waals surface area contributed by atoms with Crippen molar-refractivity contribution in [2.45, 2.75) is 26.0 Å². The van der Waals surface area contributed by atoms with Gasteiger partial charge in [-0.3, -0.25) is 4.79 Å². The first-order valence-electron chi connectivity index (χ1n) is 9.25. The maximum Gasteiger partial charge on any atom is 0.226 e.